The summed E-state index contributed by atoms with van der Waals surface area (Å²) in [5.74, 6) is 0.121. The van der Waals surface area contributed by atoms with Crippen LogP contribution in [0, 0.1) is 13.8 Å². The molecule has 0 aliphatic carbocycles. The van der Waals surface area contributed by atoms with Gasteiger partial charge in [0.2, 0.25) is 0 Å². The molecule has 32 heavy (non-hydrogen) atoms. The highest BCUT2D eigenvalue weighted by molar-refractivity contribution is 6.04. The van der Waals surface area contributed by atoms with Gasteiger partial charge in [-0.15, -0.1) is 0 Å². The van der Waals surface area contributed by atoms with E-state index in [2.05, 4.69) is 16.7 Å². The van der Waals surface area contributed by atoms with Crippen LogP contribution < -0.4 is 15.4 Å². The van der Waals surface area contributed by atoms with Gasteiger partial charge in [-0.3, -0.25) is 9.59 Å². The van der Waals surface area contributed by atoms with Crippen LogP contribution in [0.3, 0.4) is 0 Å². The number of hydrogen-bond acceptors (Lipinski definition) is 3. The second-order valence-corrected chi connectivity index (χ2v) is 7.98. The fourth-order valence-electron chi connectivity index (χ4n) is 3.59. The topological polar surface area (TPSA) is 67.4 Å². The molecule has 5 heteroatoms. The lowest BCUT2D eigenvalue weighted by Gasteiger charge is -2.20. The van der Waals surface area contributed by atoms with Gasteiger partial charge in [-0.2, -0.15) is 0 Å². The summed E-state index contributed by atoms with van der Waals surface area (Å²) < 4.78 is 5.97. The highest BCUT2D eigenvalue weighted by atomic mass is 16.5. The van der Waals surface area contributed by atoms with Crippen molar-refractivity contribution >= 4 is 17.5 Å². The molecule has 166 valence electrons. The summed E-state index contributed by atoms with van der Waals surface area (Å²) in [5, 5.41) is 5.88. The van der Waals surface area contributed by atoms with Crippen molar-refractivity contribution in [1.29, 1.82) is 0 Å². The number of aryl methyl sites for hydroxylation is 2. The SMILES string of the molecule is CCC(Oc1cc(C)cc(C)c1)C(=O)Nc1ccccc1C(=O)NC(C)c1ccccc1. The monoisotopic (exact) mass is 430 g/mol. The molecule has 2 unspecified atom stereocenters. The lowest BCUT2D eigenvalue weighted by molar-refractivity contribution is -0.122. The van der Waals surface area contributed by atoms with E-state index in [4.69, 9.17) is 4.74 Å². The van der Waals surface area contributed by atoms with Crippen molar-refractivity contribution in [2.75, 3.05) is 5.32 Å². The number of carbonyl (C=O) groups is 2. The van der Waals surface area contributed by atoms with Crippen LogP contribution in [0.5, 0.6) is 5.75 Å². The van der Waals surface area contributed by atoms with E-state index in [-0.39, 0.29) is 17.9 Å². The predicted octanol–water partition coefficient (Wildman–Crippen LogP) is 5.59. The molecule has 0 saturated carbocycles. The molecule has 2 atom stereocenters. The van der Waals surface area contributed by atoms with Crippen LogP contribution in [0.2, 0.25) is 0 Å². The van der Waals surface area contributed by atoms with Gasteiger partial charge >= 0.3 is 0 Å². The Hall–Kier alpha value is -3.60. The largest absolute Gasteiger partial charge is 0.481 e. The van der Waals surface area contributed by atoms with Gasteiger partial charge in [-0.25, -0.2) is 0 Å². The van der Waals surface area contributed by atoms with Crippen molar-refractivity contribution in [3.63, 3.8) is 0 Å². The van der Waals surface area contributed by atoms with Crippen LogP contribution in [-0.4, -0.2) is 17.9 Å². The van der Waals surface area contributed by atoms with Gasteiger partial charge in [0, 0.05) is 0 Å². The first-order chi connectivity index (χ1) is 15.4. The number of rotatable bonds is 8. The fourth-order valence-corrected chi connectivity index (χ4v) is 3.59. The number of nitrogens with one attached hydrogen (secondary N) is 2. The zero-order chi connectivity index (χ0) is 23.1. The molecule has 2 N–H and O–H groups in total. The molecule has 5 nitrogen and oxygen atoms in total. The quantitative estimate of drug-likeness (QED) is 0.489. The standard InChI is InChI=1S/C27H30N2O3/c1-5-25(32-22-16-18(2)15-19(3)17-22)27(31)29-24-14-10-9-13-23(24)26(30)28-20(4)21-11-7-6-8-12-21/h6-17,20,25H,5H2,1-4H3,(H,28,30)(H,29,31). The van der Waals surface area contributed by atoms with E-state index in [0.29, 0.717) is 23.4 Å². The fraction of sp³-hybridized carbons (Fsp3) is 0.259. The average Bonchev–Trinajstić information content (AvgIpc) is 2.77. The van der Waals surface area contributed by atoms with Crippen molar-refractivity contribution in [3.8, 4) is 5.75 Å². The molecule has 0 radical (unpaired) electrons. The van der Waals surface area contributed by atoms with Gasteiger partial charge < -0.3 is 15.4 Å². The number of amides is 2. The minimum Gasteiger partial charge on any atom is -0.481 e. The minimum atomic E-state index is -0.671. The third-order valence-electron chi connectivity index (χ3n) is 5.21. The molecule has 0 saturated heterocycles. The molecule has 0 heterocycles. The summed E-state index contributed by atoms with van der Waals surface area (Å²) in [7, 11) is 0. The van der Waals surface area contributed by atoms with Crippen molar-refractivity contribution < 1.29 is 14.3 Å². The van der Waals surface area contributed by atoms with Crippen LogP contribution in [0.25, 0.3) is 0 Å². The molecule has 0 spiro atoms. The molecule has 3 rings (SSSR count). The van der Waals surface area contributed by atoms with Gasteiger partial charge in [-0.05, 0) is 68.1 Å². The lowest BCUT2D eigenvalue weighted by Crippen LogP contribution is -2.34. The lowest BCUT2D eigenvalue weighted by atomic mass is 10.1. The molecule has 0 fully saturated rings. The van der Waals surface area contributed by atoms with Gasteiger partial charge in [0.25, 0.3) is 11.8 Å². The zero-order valence-corrected chi connectivity index (χ0v) is 19.0. The van der Waals surface area contributed by atoms with E-state index in [1.165, 1.54) is 0 Å². The predicted molar refractivity (Wildman–Crippen MR) is 128 cm³/mol. The molecular formula is C27H30N2O3. The number of anilines is 1. The molecule has 0 aliphatic rings. The van der Waals surface area contributed by atoms with E-state index in [1.54, 1.807) is 24.3 Å². The summed E-state index contributed by atoms with van der Waals surface area (Å²) in [5.41, 5.74) is 4.02. The number of ether oxygens (including phenoxy) is 1. The molecule has 2 amide bonds. The van der Waals surface area contributed by atoms with Gasteiger partial charge in [0.15, 0.2) is 6.10 Å². The summed E-state index contributed by atoms with van der Waals surface area (Å²) in [6, 6.07) is 22.5. The molecule has 3 aromatic carbocycles. The maximum absolute atomic E-state index is 13.0. The first kappa shape index (κ1) is 23.1. The summed E-state index contributed by atoms with van der Waals surface area (Å²) in [4.78, 5) is 25.9. The van der Waals surface area contributed by atoms with Crippen LogP contribution in [-0.2, 0) is 4.79 Å². The second-order valence-electron chi connectivity index (χ2n) is 7.98. The van der Waals surface area contributed by atoms with Crippen LogP contribution >= 0.6 is 0 Å². The van der Waals surface area contributed by atoms with Crippen molar-refractivity contribution in [2.45, 2.75) is 46.3 Å². The van der Waals surface area contributed by atoms with Crippen molar-refractivity contribution in [2.24, 2.45) is 0 Å². The average molecular weight is 431 g/mol. The Kier molecular flexibility index (Phi) is 7.66. The van der Waals surface area contributed by atoms with Crippen LogP contribution in [0.15, 0.2) is 72.8 Å². The Morgan fingerprint density at radius 3 is 2.19 bits per heavy atom. The third-order valence-corrected chi connectivity index (χ3v) is 5.21. The van der Waals surface area contributed by atoms with E-state index >= 15 is 0 Å². The third kappa shape index (κ3) is 5.97. The van der Waals surface area contributed by atoms with E-state index in [0.717, 1.165) is 16.7 Å². The number of carbonyl (C=O) groups excluding carboxylic acids is 2. The smallest absolute Gasteiger partial charge is 0.265 e. The highest BCUT2D eigenvalue weighted by Crippen LogP contribution is 2.21. The number of benzene rings is 3. The first-order valence-corrected chi connectivity index (χ1v) is 10.9. The van der Waals surface area contributed by atoms with E-state index < -0.39 is 6.10 Å². The summed E-state index contributed by atoms with van der Waals surface area (Å²) in [6.07, 6.45) is -0.173. The normalized spacial score (nSPS) is 12.5. The highest BCUT2D eigenvalue weighted by Gasteiger charge is 2.22. The maximum Gasteiger partial charge on any atom is 0.265 e. The Labute approximate surface area is 189 Å². The molecular weight excluding hydrogens is 400 g/mol. The first-order valence-electron chi connectivity index (χ1n) is 10.9. The maximum atomic E-state index is 13.0. The van der Waals surface area contributed by atoms with Gasteiger partial charge in [0.05, 0.1) is 17.3 Å². The van der Waals surface area contributed by atoms with Gasteiger partial charge in [0.1, 0.15) is 5.75 Å². The van der Waals surface area contributed by atoms with Crippen molar-refractivity contribution in [3.05, 3.63) is 95.1 Å². The number of para-hydroxylation sites is 1. The number of hydrogen-bond donors (Lipinski definition) is 2. The van der Waals surface area contributed by atoms with Crippen LogP contribution in [0.1, 0.15) is 53.4 Å². The molecule has 0 bridgehead atoms. The Balaban J connectivity index is 1.72. The Bertz CT molecular complexity index is 1060. The van der Waals surface area contributed by atoms with E-state index in [9.17, 15) is 9.59 Å². The van der Waals surface area contributed by atoms with E-state index in [1.807, 2.05) is 70.2 Å². The van der Waals surface area contributed by atoms with Crippen LogP contribution in [0.4, 0.5) is 5.69 Å². The molecule has 0 aliphatic heterocycles. The van der Waals surface area contributed by atoms with Gasteiger partial charge in [-0.1, -0.05) is 55.5 Å². The zero-order valence-electron chi connectivity index (χ0n) is 19.0. The Morgan fingerprint density at radius 1 is 0.906 bits per heavy atom. The molecule has 0 aromatic heterocycles. The Morgan fingerprint density at radius 2 is 1.53 bits per heavy atom. The second kappa shape index (κ2) is 10.6. The summed E-state index contributed by atoms with van der Waals surface area (Å²) in [6.45, 7) is 7.81. The molecule has 3 aromatic rings. The summed E-state index contributed by atoms with van der Waals surface area (Å²) >= 11 is 0. The van der Waals surface area contributed by atoms with Crippen molar-refractivity contribution in [1.82, 2.24) is 5.32 Å². The minimum absolute atomic E-state index is 0.163.